The van der Waals surface area contributed by atoms with Crippen molar-refractivity contribution in [2.45, 2.75) is 59.2 Å². The molecule has 118 valence electrons. The van der Waals surface area contributed by atoms with Gasteiger partial charge in [-0.3, -0.25) is 0 Å². The minimum absolute atomic E-state index is 0.105. The Labute approximate surface area is 126 Å². The summed E-state index contributed by atoms with van der Waals surface area (Å²) < 4.78 is 10.9. The van der Waals surface area contributed by atoms with Gasteiger partial charge in [-0.2, -0.15) is 0 Å². The molecule has 0 spiro atoms. The first-order valence-electron chi connectivity index (χ1n) is 7.83. The largest absolute Gasteiger partial charge is 0.463 e. The molecule has 0 aromatic carbocycles. The van der Waals surface area contributed by atoms with Crippen LogP contribution in [0.5, 0.6) is 0 Å². The zero-order chi connectivity index (χ0) is 15.6. The van der Waals surface area contributed by atoms with Gasteiger partial charge in [0.25, 0.3) is 0 Å². The van der Waals surface area contributed by atoms with E-state index in [0.717, 1.165) is 12.8 Å². The SMILES string of the molecule is Cc1ccc([C@@H](O)C(=O)O[C@@H]2C[C@H](C)CC[C@H]2C(C)C)o1. The number of hydrogen-bond donors (Lipinski definition) is 1. The van der Waals surface area contributed by atoms with Crippen molar-refractivity contribution in [3.63, 3.8) is 0 Å². The van der Waals surface area contributed by atoms with Crippen LogP contribution in [0.2, 0.25) is 0 Å². The van der Waals surface area contributed by atoms with Crippen LogP contribution in [-0.2, 0) is 9.53 Å². The molecule has 0 aliphatic heterocycles. The van der Waals surface area contributed by atoms with Crippen molar-refractivity contribution in [3.8, 4) is 0 Å². The van der Waals surface area contributed by atoms with Crippen LogP contribution in [0.1, 0.15) is 57.7 Å². The zero-order valence-corrected chi connectivity index (χ0v) is 13.3. The fraction of sp³-hybridized carbons (Fsp3) is 0.706. The molecule has 0 saturated heterocycles. The lowest BCUT2D eigenvalue weighted by Gasteiger charge is -2.36. The molecule has 0 radical (unpaired) electrons. The van der Waals surface area contributed by atoms with Gasteiger partial charge in [-0.1, -0.05) is 27.2 Å². The summed E-state index contributed by atoms with van der Waals surface area (Å²) in [4.78, 5) is 12.2. The molecule has 2 rings (SSSR count). The van der Waals surface area contributed by atoms with Crippen LogP contribution in [0.3, 0.4) is 0 Å². The average molecular weight is 294 g/mol. The summed E-state index contributed by atoms with van der Waals surface area (Å²) in [5.41, 5.74) is 0. The van der Waals surface area contributed by atoms with Crippen LogP contribution in [0.15, 0.2) is 16.5 Å². The lowest BCUT2D eigenvalue weighted by molar-refractivity contribution is -0.167. The number of ether oxygens (including phenoxy) is 1. The molecule has 1 fully saturated rings. The van der Waals surface area contributed by atoms with Crippen LogP contribution >= 0.6 is 0 Å². The van der Waals surface area contributed by atoms with E-state index in [-0.39, 0.29) is 11.9 Å². The topological polar surface area (TPSA) is 59.7 Å². The van der Waals surface area contributed by atoms with E-state index in [0.29, 0.717) is 23.5 Å². The predicted octanol–water partition coefficient (Wildman–Crippen LogP) is 3.63. The normalized spacial score (nSPS) is 27.6. The Hall–Kier alpha value is -1.29. The van der Waals surface area contributed by atoms with Crippen LogP contribution in [0.4, 0.5) is 0 Å². The minimum Gasteiger partial charge on any atom is -0.463 e. The molecule has 0 amide bonds. The van der Waals surface area contributed by atoms with E-state index in [1.165, 1.54) is 6.42 Å². The number of hydrogen-bond acceptors (Lipinski definition) is 4. The van der Waals surface area contributed by atoms with Crippen molar-refractivity contribution < 1.29 is 19.1 Å². The van der Waals surface area contributed by atoms with Crippen molar-refractivity contribution >= 4 is 5.97 Å². The molecule has 1 aliphatic rings. The first-order valence-corrected chi connectivity index (χ1v) is 7.83. The van der Waals surface area contributed by atoms with E-state index < -0.39 is 12.1 Å². The molecule has 0 unspecified atom stereocenters. The summed E-state index contributed by atoms with van der Waals surface area (Å²) >= 11 is 0. The maximum atomic E-state index is 12.2. The van der Waals surface area contributed by atoms with Crippen LogP contribution < -0.4 is 0 Å². The molecule has 1 aromatic rings. The molecule has 1 aliphatic carbocycles. The standard InChI is InChI=1S/C17H26O4/c1-10(2)13-7-5-11(3)9-15(13)21-17(19)16(18)14-8-6-12(4)20-14/h6,8,10-11,13,15-16,18H,5,7,9H2,1-4H3/t11-,13+,15-,16-/m1/s1. The lowest BCUT2D eigenvalue weighted by Crippen LogP contribution is -2.37. The van der Waals surface area contributed by atoms with Gasteiger partial charge in [0.1, 0.15) is 17.6 Å². The number of aryl methyl sites for hydroxylation is 1. The fourth-order valence-electron chi connectivity index (χ4n) is 3.18. The third kappa shape index (κ3) is 3.88. The van der Waals surface area contributed by atoms with Crippen molar-refractivity contribution in [2.75, 3.05) is 0 Å². The smallest absolute Gasteiger partial charge is 0.343 e. The van der Waals surface area contributed by atoms with Crippen molar-refractivity contribution in [3.05, 3.63) is 23.7 Å². The molecule has 1 N–H and O–H groups in total. The number of aliphatic hydroxyl groups excluding tert-OH is 1. The highest BCUT2D eigenvalue weighted by molar-refractivity contribution is 5.75. The lowest BCUT2D eigenvalue weighted by atomic mass is 9.75. The number of aliphatic hydroxyl groups is 1. The van der Waals surface area contributed by atoms with E-state index in [1.54, 1.807) is 19.1 Å². The Morgan fingerprint density at radius 2 is 2.10 bits per heavy atom. The average Bonchev–Trinajstić information content (AvgIpc) is 2.84. The molecule has 21 heavy (non-hydrogen) atoms. The summed E-state index contributed by atoms with van der Waals surface area (Å²) in [6.07, 6.45) is 1.69. The summed E-state index contributed by atoms with van der Waals surface area (Å²) in [6, 6.07) is 3.34. The first-order chi connectivity index (χ1) is 9.88. The Bertz CT molecular complexity index is 477. The summed E-state index contributed by atoms with van der Waals surface area (Å²) in [7, 11) is 0. The van der Waals surface area contributed by atoms with Gasteiger partial charge in [-0.25, -0.2) is 4.79 Å². The maximum absolute atomic E-state index is 12.2. The summed E-state index contributed by atoms with van der Waals surface area (Å²) in [6.45, 7) is 8.28. The molecule has 1 heterocycles. The number of furan rings is 1. The summed E-state index contributed by atoms with van der Waals surface area (Å²) in [5.74, 6) is 1.72. The number of carbonyl (C=O) groups is 1. The third-order valence-corrected chi connectivity index (χ3v) is 4.48. The van der Waals surface area contributed by atoms with E-state index >= 15 is 0 Å². The molecule has 4 heteroatoms. The second kappa shape index (κ2) is 6.65. The van der Waals surface area contributed by atoms with Crippen molar-refractivity contribution in [2.24, 2.45) is 17.8 Å². The van der Waals surface area contributed by atoms with Crippen LogP contribution in [0, 0.1) is 24.7 Å². The quantitative estimate of drug-likeness (QED) is 0.862. The van der Waals surface area contributed by atoms with E-state index in [2.05, 4.69) is 20.8 Å². The second-order valence-electron chi connectivity index (χ2n) is 6.65. The molecule has 4 atom stereocenters. The highest BCUT2D eigenvalue weighted by Crippen LogP contribution is 2.36. The Kier molecular flexibility index (Phi) is 5.09. The first kappa shape index (κ1) is 16.1. The number of esters is 1. The molecule has 0 bridgehead atoms. The molecule has 1 aromatic heterocycles. The van der Waals surface area contributed by atoms with Gasteiger partial charge in [0.05, 0.1) is 0 Å². The van der Waals surface area contributed by atoms with E-state index in [9.17, 15) is 9.90 Å². The Morgan fingerprint density at radius 1 is 1.38 bits per heavy atom. The Morgan fingerprint density at radius 3 is 2.67 bits per heavy atom. The predicted molar refractivity (Wildman–Crippen MR) is 79.6 cm³/mol. The molecule has 1 saturated carbocycles. The summed E-state index contributed by atoms with van der Waals surface area (Å²) in [5, 5.41) is 10.1. The van der Waals surface area contributed by atoms with E-state index in [4.69, 9.17) is 9.15 Å². The van der Waals surface area contributed by atoms with Gasteiger partial charge in [0.15, 0.2) is 0 Å². The van der Waals surface area contributed by atoms with Gasteiger partial charge in [0, 0.05) is 0 Å². The second-order valence-corrected chi connectivity index (χ2v) is 6.65. The zero-order valence-electron chi connectivity index (χ0n) is 13.3. The van der Waals surface area contributed by atoms with Gasteiger partial charge in [-0.15, -0.1) is 0 Å². The number of rotatable bonds is 4. The van der Waals surface area contributed by atoms with E-state index in [1.807, 2.05) is 0 Å². The van der Waals surface area contributed by atoms with Crippen molar-refractivity contribution in [1.29, 1.82) is 0 Å². The highest BCUT2D eigenvalue weighted by atomic mass is 16.6. The van der Waals surface area contributed by atoms with Crippen molar-refractivity contribution in [1.82, 2.24) is 0 Å². The van der Waals surface area contributed by atoms with Gasteiger partial charge >= 0.3 is 5.97 Å². The molecule has 4 nitrogen and oxygen atoms in total. The highest BCUT2D eigenvalue weighted by Gasteiger charge is 2.35. The van der Waals surface area contributed by atoms with Gasteiger partial charge in [-0.05, 0) is 49.7 Å². The minimum atomic E-state index is -1.33. The third-order valence-electron chi connectivity index (χ3n) is 4.48. The van der Waals surface area contributed by atoms with Gasteiger partial charge in [0.2, 0.25) is 6.10 Å². The fourth-order valence-corrected chi connectivity index (χ4v) is 3.18. The number of carbonyl (C=O) groups excluding carboxylic acids is 1. The maximum Gasteiger partial charge on any atom is 0.343 e. The Balaban J connectivity index is 2.02. The van der Waals surface area contributed by atoms with Crippen LogP contribution in [0.25, 0.3) is 0 Å². The van der Waals surface area contributed by atoms with Gasteiger partial charge < -0.3 is 14.3 Å². The molecular weight excluding hydrogens is 268 g/mol. The molecular formula is C17H26O4. The monoisotopic (exact) mass is 294 g/mol. The van der Waals surface area contributed by atoms with Crippen LogP contribution in [-0.4, -0.2) is 17.2 Å².